The van der Waals surface area contributed by atoms with Crippen molar-refractivity contribution >= 4 is 0 Å². The maximum absolute atomic E-state index is 14.3. The van der Waals surface area contributed by atoms with E-state index in [1.54, 1.807) is 22.9 Å². The first-order valence-corrected chi connectivity index (χ1v) is 7.38. The number of ether oxygens (including phenoxy) is 1. The lowest BCUT2D eigenvalue weighted by Gasteiger charge is -2.13. The minimum Gasteiger partial charge on any atom is -0.492 e. The van der Waals surface area contributed by atoms with E-state index < -0.39 is 0 Å². The van der Waals surface area contributed by atoms with Gasteiger partial charge in [0.05, 0.1) is 6.61 Å². The molecule has 2 N–H and O–H groups in total. The first-order valence-electron chi connectivity index (χ1n) is 7.38. The number of halogens is 1. The molecule has 0 unspecified atom stereocenters. The molecular weight excluding hydrogens is 295 g/mol. The van der Waals surface area contributed by atoms with E-state index >= 15 is 0 Å². The van der Waals surface area contributed by atoms with Crippen LogP contribution < -0.4 is 10.5 Å². The molecule has 118 valence electrons. The monoisotopic (exact) mass is 312 g/mol. The van der Waals surface area contributed by atoms with Gasteiger partial charge < -0.3 is 10.5 Å². The van der Waals surface area contributed by atoms with Crippen molar-refractivity contribution in [1.82, 2.24) is 15.0 Å². The zero-order chi connectivity index (χ0) is 16.2. The minimum absolute atomic E-state index is 0.167. The van der Waals surface area contributed by atoms with Gasteiger partial charge in [-0.25, -0.2) is 9.07 Å². The van der Waals surface area contributed by atoms with Crippen LogP contribution in [-0.4, -0.2) is 21.6 Å². The van der Waals surface area contributed by atoms with Crippen molar-refractivity contribution in [2.24, 2.45) is 5.73 Å². The van der Waals surface area contributed by atoms with E-state index in [1.165, 1.54) is 6.07 Å². The Hall–Kier alpha value is -2.73. The first kappa shape index (κ1) is 15.2. The van der Waals surface area contributed by atoms with E-state index in [9.17, 15) is 4.39 Å². The van der Waals surface area contributed by atoms with Crippen LogP contribution in [0.25, 0.3) is 16.9 Å². The van der Waals surface area contributed by atoms with Crippen LogP contribution in [0, 0.1) is 5.82 Å². The summed E-state index contributed by atoms with van der Waals surface area (Å²) in [5.74, 6) is 0.306. The fourth-order valence-corrected chi connectivity index (χ4v) is 2.45. The summed E-state index contributed by atoms with van der Waals surface area (Å²) in [7, 11) is 0. The number of nitrogens with two attached hydrogens (primary N) is 1. The average molecular weight is 312 g/mol. The second-order valence-corrected chi connectivity index (χ2v) is 4.88. The van der Waals surface area contributed by atoms with E-state index in [0.717, 1.165) is 0 Å². The van der Waals surface area contributed by atoms with Crippen LogP contribution in [0.3, 0.4) is 0 Å². The molecule has 0 aliphatic carbocycles. The largest absolute Gasteiger partial charge is 0.492 e. The second kappa shape index (κ2) is 6.58. The van der Waals surface area contributed by atoms with Crippen molar-refractivity contribution in [2.45, 2.75) is 13.5 Å². The minimum atomic E-state index is -0.348. The molecule has 1 heterocycles. The van der Waals surface area contributed by atoms with Gasteiger partial charge in [-0.15, -0.1) is 5.10 Å². The van der Waals surface area contributed by atoms with Gasteiger partial charge in [-0.3, -0.25) is 0 Å². The van der Waals surface area contributed by atoms with E-state index in [4.69, 9.17) is 10.5 Å². The molecule has 3 aromatic rings. The number of hydrogen-bond acceptors (Lipinski definition) is 4. The zero-order valence-corrected chi connectivity index (χ0v) is 12.7. The molecule has 5 nitrogen and oxygen atoms in total. The molecule has 0 radical (unpaired) electrons. The van der Waals surface area contributed by atoms with Crippen LogP contribution in [0.1, 0.15) is 12.6 Å². The van der Waals surface area contributed by atoms with Crippen LogP contribution >= 0.6 is 0 Å². The normalized spacial score (nSPS) is 10.7. The number of aromatic nitrogens is 3. The summed E-state index contributed by atoms with van der Waals surface area (Å²) in [4.78, 5) is 0. The third-order valence-corrected chi connectivity index (χ3v) is 3.46. The molecule has 0 fully saturated rings. The molecule has 0 aliphatic heterocycles. The molecule has 0 atom stereocenters. The Morgan fingerprint density at radius 1 is 1.13 bits per heavy atom. The maximum Gasteiger partial charge on any atom is 0.145 e. The highest BCUT2D eigenvalue weighted by atomic mass is 19.1. The highest BCUT2D eigenvalue weighted by Gasteiger charge is 2.20. The lowest BCUT2D eigenvalue weighted by Crippen LogP contribution is -2.06. The molecule has 2 aromatic carbocycles. The van der Waals surface area contributed by atoms with Crippen LogP contribution in [0.15, 0.2) is 48.5 Å². The lowest BCUT2D eigenvalue weighted by molar-refractivity contribution is 0.338. The summed E-state index contributed by atoms with van der Waals surface area (Å²) in [5, 5.41) is 8.25. The molecule has 1 aromatic heterocycles. The molecule has 0 saturated carbocycles. The predicted octanol–water partition coefficient (Wildman–Crippen LogP) is 2.93. The summed E-state index contributed by atoms with van der Waals surface area (Å²) < 4.78 is 21.5. The summed E-state index contributed by atoms with van der Waals surface area (Å²) in [6, 6.07) is 13.9. The Labute approximate surface area is 133 Å². The molecule has 6 heteroatoms. The van der Waals surface area contributed by atoms with Crippen LogP contribution in [0.2, 0.25) is 0 Å². The van der Waals surface area contributed by atoms with Gasteiger partial charge in [0.25, 0.3) is 0 Å². The lowest BCUT2D eigenvalue weighted by atomic mass is 10.1. The molecule has 3 rings (SSSR count). The van der Waals surface area contributed by atoms with Crippen molar-refractivity contribution < 1.29 is 9.13 Å². The van der Waals surface area contributed by atoms with Crippen molar-refractivity contribution in [3.8, 4) is 22.7 Å². The van der Waals surface area contributed by atoms with E-state index in [1.807, 2.05) is 31.2 Å². The summed E-state index contributed by atoms with van der Waals surface area (Å²) in [6.07, 6.45) is 0. The van der Waals surface area contributed by atoms with Gasteiger partial charge in [-0.2, -0.15) is 0 Å². The summed E-state index contributed by atoms with van der Waals surface area (Å²) >= 11 is 0. The summed E-state index contributed by atoms with van der Waals surface area (Å²) in [6.45, 7) is 2.59. The van der Waals surface area contributed by atoms with Crippen LogP contribution in [0.4, 0.5) is 4.39 Å². The Balaban J connectivity index is 2.23. The van der Waals surface area contributed by atoms with Gasteiger partial charge >= 0.3 is 0 Å². The van der Waals surface area contributed by atoms with Gasteiger partial charge in [0.15, 0.2) is 0 Å². The summed E-state index contributed by atoms with van der Waals surface area (Å²) in [5.41, 5.74) is 7.93. The Bertz CT molecular complexity index is 816. The quantitative estimate of drug-likeness (QED) is 0.786. The van der Waals surface area contributed by atoms with Gasteiger partial charge in [0, 0.05) is 12.1 Å². The maximum atomic E-state index is 14.3. The predicted molar refractivity (Wildman–Crippen MR) is 85.8 cm³/mol. The third kappa shape index (κ3) is 2.80. The van der Waals surface area contributed by atoms with Crippen LogP contribution in [0.5, 0.6) is 5.75 Å². The van der Waals surface area contributed by atoms with Gasteiger partial charge in [0.1, 0.15) is 28.6 Å². The number of nitrogens with zero attached hydrogens (tertiary/aromatic N) is 3. The molecule has 0 aliphatic rings. The van der Waals surface area contributed by atoms with Crippen molar-refractivity contribution in [2.75, 3.05) is 6.61 Å². The zero-order valence-electron chi connectivity index (χ0n) is 12.7. The van der Waals surface area contributed by atoms with Crippen molar-refractivity contribution in [1.29, 1.82) is 0 Å². The van der Waals surface area contributed by atoms with Crippen LogP contribution in [-0.2, 0) is 6.54 Å². The SMILES string of the molecule is CCOc1ccccc1-n1nnc(CN)c1-c1ccccc1F. The van der Waals surface area contributed by atoms with E-state index in [-0.39, 0.29) is 12.4 Å². The number of para-hydroxylation sites is 2. The number of hydrogen-bond donors (Lipinski definition) is 1. The highest BCUT2D eigenvalue weighted by Crippen LogP contribution is 2.31. The second-order valence-electron chi connectivity index (χ2n) is 4.88. The van der Waals surface area contributed by atoms with Gasteiger partial charge in [0.2, 0.25) is 0 Å². The van der Waals surface area contributed by atoms with Gasteiger partial charge in [-0.1, -0.05) is 29.5 Å². The molecule has 0 bridgehead atoms. The smallest absolute Gasteiger partial charge is 0.145 e. The van der Waals surface area contributed by atoms with Gasteiger partial charge in [-0.05, 0) is 31.2 Å². The number of benzene rings is 2. The molecule has 0 amide bonds. The van der Waals surface area contributed by atoms with Crippen molar-refractivity contribution in [3.63, 3.8) is 0 Å². The molecule has 23 heavy (non-hydrogen) atoms. The standard InChI is InChI=1S/C17H17FN4O/c1-2-23-16-10-6-5-9-15(16)22-17(14(11-19)20-21-22)12-7-3-4-8-13(12)18/h3-10H,2,11,19H2,1H3. The van der Waals surface area contributed by atoms with Crippen molar-refractivity contribution in [3.05, 3.63) is 60.0 Å². The topological polar surface area (TPSA) is 66.0 Å². The molecule has 0 saturated heterocycles. The number of rotatable bonds is 5. The fourth-order valence-electron chi connectivity index (χ4n) is 2.45. The highest BCUT2D eigenvalue weighted by molar-refractivity contribution is 5.66. The third-order valence-electron chi connectivity index (χ3n) is 3.46. The van der Waals surface area contributed by atoms with E-state index in [0.29, 0.717) is 35.0 Å². The fraction of sp³-hybridized carbons (Fsp3) is 0.176. The Kier molecular flexibility index (Phi) is 4.34. The average Bonchev–Trinajstić information content (AvgIpc) is 3.00. The molecule has 0 spiro atoms. The van der Waals surface area contributed by atoms with E-state index in [2.05, 4.69) is 10.3 Å². The first-order chi connectivity index (χ1) is 11.3. The Morgan fingerprint density at radius 3 is 2.61 bits per heavy atom. The Morgan fingerprint density at radius 2 is 1.87 bits per heavy atom. The molecular formula is C17H17FN4O.